The van der Waals surface area contributed by atoms with Gasteiger partial charge in [0.1, 0.15) is 11.4 Å². The van der Waals surface area contributed by atoms with Crippen LogP contribution in [0, 0.1) is 10.1 Å². The number of methoxy groups -OCH3 is 1. The maximum absolute atomic E-state index is 12.4. The van der Waals surface area contributed by atoms with Gasteiger partial charge in [0.05, 0.1) is 18.1 Å². The highest BCUT2D eigenvalue weighted by Crippen LogP contribution is 2.28. The molecule has 0 aromatic heterocycles. The lowest BCUT2D eigenvalue weighted by molar-refractivity contribution is -0.384. The molecule has 7 nitrogen and oxygen atoms in total. The maximum Gasteiger partial charge on any atom is 0.296 e. The molecule has 146 valence electrons. The van der Waals surface area contributed by atoms with E-state index in [1.54, 1.807) is 18.2 Å². The fourth-order valence-electron chi connectivity index (χ4n) is 2.67. The van der Waals surface area contributed by atoms with Crippen molar-refractivity contribution in [3.05, 3.63) is 88.5 Å². The van der Waals surface area contributed by atoms with Gasteiger partial charge in [-0.05, 0) is 47.6 Å². The fraction of sp³-hybridized carbons (Fsp3) is 0.0476. The summed E-state index contributed by atoms with van der Waals surface area (Å²) in [4.78, 5) is 23.1. The van der Waals surface area contributed by atoms with Crippen LogP contribution in [0.4, 0.5) is 11.4 Å². The van der Waals surface area contributed by atoms with Crippen LogP contribution in [0.25, 0.3) is 11.1 Å². The number of rotatable bonds is 5. The number of nitrogens with zero attached hydrogens (tertiary/aromatic N) is 1. The summed E-state index contributed by atoms with van der Waals surface area (Å²) in [6, 6.07) is 21.1. The number of hydrogen-bond donors (Lipinski definition) is 2. The zero-order valence-corrected chi connectivity index (χ0v) is 16.2. The van der Waals surface area contributed by atoms with Crippen molar-refractivity contribution in [2.45, 2.75) is 0 Å². The van der Waals surface area contributed by atoms with Crippen LogP contribution >= 0.6 is 12.2 Å². The van der Waals surface area contributed by atoms with Crippen molar-refractivity contribution >= 4 is 34.6 Å². The number of nitro benzene ring substituents is 1. The molecule has 0 atom stereocenters. The average molecular weight is 407 g/mol. The Morgan fingerprint density at radius 1 is 1.00 bits per heavy atom. The average Bonchev–Trinajstić information content (AvgIpc) is 2.74. The van der Waals surface area contributed by atoms with Gasteiger partial charge < -0.3 is 10.1 Å². The minimum absolute atomic E-state index is 0.0459. The van der Waals surface area contributed by atoms with Gasteiger partial charge in [0.2, 0.25) is 0 Å². The van der Waals surface area contributed by atoms with E-state index in [9.17, 15) is 14.9 Å². The molecule has 0 spiro atoms. The molecule has 0 aliphatic rings. The first-order valence-corrected chi connectivity index (χ1v) is 8.99. The molecule has 0 saturated heterocycles. The number of anilines is 1. The van der Waals surface area contributed by atoms with E-state index in [4.69, 9.17) is 17.0 Å². The van der Waals surface area contributed by atoms with Gasteiger partial charge in [-0.2, -0.15) is 0 Å². The molecule has 0 aliphatic heterocycles. The van der Waals surface area contributed by atoms with Gasteiger partial charge >= 0.3 is 0 Å². The zero-order chi connectivity index (χ0) is 20.8. The molecule has 0 fully saturated rings. The van der Waals surface area contributed by atoms with E-state index in [1.165, 1.54) is 19.2 Å². The molecule has 2 N–H and O–H groups in total. The third kappa shape index (κ3) is 4.94. The topological polar surface area (TPSA) is 93.5 Å². The first-order chi connectivity index (χ1) is 14.0. The van der Waals surface area contributed by atoms with E-state index >= 15 is 0 Å². The molecule has 3 aromatic rings. The molecular weight excluding hydrogens is 390 g/mol. The minimum atomic E-state index is -0.558. The lowest BCUT2D eigenvalue weighted by atomic mass is 10.0. The highest BCUT2D eigenvalue weighted by molar-refractivity contribution is 7.80. The standard InChI is InChI=1S/C21H17N3O4S/c1-28-17-11-12-18(19(13-17)24(26)27)22-21(29)23-20(25)16-9-7-15(8-10-16)14-5-3-2-4-6-14/h2-13H,1H3,(H2,22,23,25,29). The smallest absolute Gasteiger partial charge is 0.296 e. The summed E-state index contributed by atoms with van der Waals surface area (Å²) < 4.78 is 4.99. The van der Waals surface area contributed by atoms with Crippen LogP contribution in [-0.4, -0.2) is 23.1 Å². The number of carbonyl (C=O) groups excluding carboxylic acids is 1. The van der Waals surface area contributed by atoms with Crippen molar-refractivity contribution in [2.75, 3.05) is 12.4 Å². The van der Waals surface area contributed by atoms with Crippen LogP contribution in [0.3, 0.4) is 0 Å². The Morgan fingerprint density at radius 3 is 2.28 bits per heavy atom. The lowest BCUT2D eigenvalue weighted by Crippen LogP contribution is -2.34. The van der Waals surface area contributed by atoms with Gasteiger partial charge in [-0.1, -0.05) is 42.5 Å². The Bertz CT molecular complexity index is 1050. The molecule has 3 rings (SSSR count). The Kier molecular flexibility index (Phi) is 6.16. The Balaban J connectivity index is 1.68. The van der Waals surface area contributed by atoms with E-state index in [0.717, 1.165) is 11.1 Å². The molecule has 0 saturated carbocycles. The van der Waals surface area contributed by atoms with Crippen molar-refractivity contribution < 1.29 is 14.5 Å². The predicted molar refractivity (Wildman–Crippen MR) is 115 cm³/mol. The summed E-state index contributed by atoms with van der Waals surface area (Å²) in [5, 5.41) is 16.4. The van der Waals surface area contributed by atoms with Crippen LogP contribution in [-0.2, 0) is 0 Å². The zero-order valence-electron chi connectivity index (χ0n) is 15.4. The SMILES string of the molecule is COc1ccc(NC(=S)NC(=O)c2ccc(-c3ccccc3)cc2)c([N+](=O)[O-])c1. The molecule has 0 heterocycles. The lowest BCUT2D eigenvalue weighted by Gasteiger charge is -2.11. The summed E-state index contributed by atoms with van der Waals surface area (Å²) in [6.07, 6.45) is 0. The van der Waals surface area contributed by atoms with Gasteiger partial charge in [-0.3, -0.25) is 20.2 Å². The molecule has 0 bridgehead atoms. The molecule has 29 heavy (non-hydrogen) atoms. The van der Waals surface area contributed by atoms with Crippen molar-refractivity contribution in [3.63, 3.8) is 0 Å². The predicted octanol–water partition coefficient (Wildman–Crippen LogP) is 4.40. The van der Waals surface area contributed by atoms with Crippen molar-refractivity contribution in [2.24, 2.45) is 0 Å². The first kappa shape index (κ1) is 20.0. The number of amides is 1. The van der Waals surface area contributed by atoms with Gasteiger partial charge in [-0.25, -0.2) is 0 Å². The Morgan fingerprint density at radius 2 is 1.66 bits per heavy atom. The maximum atomic E-state index is 12.4. The quantitative estimate of drug-likeness (QED) is 0.370. The fourth-order valence-corrected chi connectivity index (χ4v) is 2.87. The van der Waals surface area contributed by atoms with E-state index in [2.05, 4.69) is 10.6 Å². The monoisotopic (exact) mass is 407 g/mol. The summed E-state index contributed by atoms with van der Waals surface area (Å²) in [7, 11) is 1.42. The van der Waals surface area contributed by atoms with Gasteiger partial charge in [0.15, 0.2) is 5.11 Å². The van der Waals surface area contributed by atoms with E-state index in [0.29, 0.717) is 11.3 Å². The highest BCUT2D eigenvalue weighted by atomic mass is 32.1. The largest absolute Gasteiger partial charge is 0.496 e. The normalized spacial score (nSPS) is 10.1. The second-order valence-corrected chi connectivity index (χ2v) is 6.40. The van der Waals surface area contributed by atoms with E-state index in [1.807, 2.05) is 42.5 Å². The number of ether oxygens (including phenoxy) is 1. The second-order valence-electron chi connectivity index (χ2n) is 5.99. The van der Waals surface area contributed by atoms with Crippen LogP contribution in [0.15, 0.2) is 72.8 Å². The number of benzene rings is 3. The minimum Gasteiger partial charge on any atom is -0.496 e. The molecule has 3 aromatic carbocycles. The first-order valence-electron chi connectivity index (χ1n) is 8.58. The van der Waals surface area contributed by atoms with Crippen LogP contribution in [0.2, 0.25) is 0 Å². The Labute approximate surface area is 172 Å². The van der Waals surface area contributed by atoms with E-state index < -0.39 is 10.8 Å². The number of nitrogens with one attached hydrogen (secondary N) is 2. The molecule has 1 amide bonds. The van der Waals surface area contributed by atoms with Gasteiger partial charge in [-0.15, -0.1) is 0 Å². The number of hydrogen-bond acceptors (Lipinski definition) is 5. The van der Waals surface area contributed by atoms with Gasteiger partial charge in [0.25, 0.3) is 11.6 Å². The molecule has 0 unspecified atom stereocenters. The third-order valence-electron chi connectivity index (χ3n) is 4.13. The molecule has 8 heteroatoms. The number of carbonyl (C=O) groups is 1. The van der Waals surface area contributed by atoms with Crippen LogP contribution in [0.5, 0.6) is 5.75 Å². The third-order valence-corrected chi connectivity index (χ3v) is 4.34. The summed E-state index contributed by atoms with van der Waals surface area (Å²) in [5.41, 5.74) is 2.38. The molecule has 0 aliphatic carbocycles. The van der Waals surface area contributed by atoms with Crippen LogP contribution < -0.4 is 15.4 Å². The summed E-state index contributed by atoms with van der Waals surface area (Å²) >= 11 is 5.13. The second kappa shape index (κ2) is 8.94. The van der Waals surface area contributed by atoms with Crippen molar-refractivity contribution in [3.8, 4) is 16.9 Å². The van der Waals surface area contributed by atoms with Crippen LogP contribution in [0.1, 0.15) is 10.4 Å². The van der Waals surface area contributed by atoms with Crippen molar-refractivity contribution in [1.82, 2.24) is 5.32 Å². The summed E-state index contributed by atoms with van der Waals surface area (Å²) in [5.74, 6) is -0.0750. The van der Waals surface area contributed by atoms with E-state index in [-0.39, 0.29) is 16.5 Å². The number of nitro groups is 1. The molecule has 0 radical (unpaired) electrons. The molecular formula is C21H17N3O4S. The highest BCUT2D eigenvalue weighted by Gasteiger charge is 2.17. The van der Waals surface area contributed by atoms with Crippen molar-refractivity contribution in [1.29, 1.82) is 0 Å². The summed E-state index contributed by atoms with van der Waals surface area (Å²) in [6.45, 7) is 0. The number of thiocarbonyl (C=S) groups is 1. The Hall–Kier alpha value is -3.78. The van der Waals surface area contributed by atoms with Gasteiger partial charge in [0, 0.05) is 5.56 Å².